The van der Waals surface area contributed by atoms with Gasteiger partial charge >= 0.3 is 0 Å². The Balaban J connectivity index is 0.000000605. The molecule has 0 fully saturated rings. The number of rotatable bonds is 0. The molecule has 0 atom stereocenters. The Bertz CT molecular complexity index is 325. The van der Waals surface area contributed by atoms with E-state index in [1.165, 1.54) is 0 Å². The van der Waals surface area contributed by atoms with Gasteiger partial charge in [0.1, 0.15) is 0 Å². The Hall–Kier alpha value is 0.235. The first kappa shape index (κ1) is 9.32. The molecule has 0 aliphatic carbocycles. The Morgan fingerprint density at radius 3 is 2.73 bits per heavy atom. The topological polar surface area (TPSA) is 28.7 Å². The third kappa shape index (κ3) is 1.88. The molecule has 1 radical (unpaired) electrons. The van der Waals surface area contributed by atoms with Gasteiger partial charge in [0.2, 0.25) is 0 Å². The van der Waals surface area contributed by atoms with Gasteiger partial charge in [0.05, 0.1) is 11.0 Å². The van der Waals surface area contributed by atoms with Crippen LogP contribution in [0.15, 0.2) is 29.4 Å². The summed E-state index contributed by atoms with van der Waals surface area (Å²) >= 11 is 4.08. The molecule has 1 heterocycles. The summed E-state index contributed by atoms with van der Waals surface area (Å²) in [5.74, 6) is 0. The van der Waals surface area contributed by atoms with Gasteiger partial charge in [-0.15, -0.1) is 12.6 Å². The fourth-order valence-electron chi connectivity index (χ4n) is 0.939. The van der Waals surface area contributed by atoms with Crippen molar-refractivity contribution in [3.05, 3.63) is 24.3 Å². The molecule has 0 unspecified atom stereocenters. The third-order valence-corrected chi connectivity index (χ3v) is 1.59. The summed E-state index contributed by atoms with van der Waals surface area (Å²) in [6.45, 7) is 0. The zero-order valence-electron chi connectivity index (χ0n) is 5.78. The van der Waals surface area contributed by atoms with Crippen molar-refractivity contribution in [2.45, 2.75) is 5.16 Å². The molecule has 0 bridgehead atoms. The number of thiol groups is 1. The molecule has 1 aromatic heterocycles. The number of aromatic amines is 1. The van der Waals surface area contributed by atoms with Crippen LogP contribution in [0, 0.1) is 35.6 Å². The third-order valence-electron chi connectivity index (χ3n) is 1.38. The van der Waals surface area contributed by atoms with Crippen molar-refractivity contribution in [2.75, 3.05) is 0 Å². The molecule has 4 heteroatoms. The van der Waals surface area contributed by atoms with Crippen LogP contribution in [0.1, 0.15) is 0 Å². The number of hydrogen-bond acceptors (Lipinski definition) is 2. The van der Waals surface area contributed by atoms with E-state index in [4.69, 9.17) is 0 Å². The van der Waals surface area contributed by atoms with Crippen LogP contribution in [0.2, 0.25) is 0 Å². The molecular formula is C7H6LaN2S. The molecule has 11 heavy (non-hydrogen) atoms. The van der Waals surface area contributed by atoms with Crippen molar-refractivity contribution in [1.82, 2.24) is 9.97 Å². The minimum atomic E-state index is 0. The van der Waals surface area contributed by atoms with Crippen molar-refractivity contribution < 1.29 is 35.6 Å². The Kier molecular flexibility index (Phi) is 3.19. The van der Waals surface area contributed by atoms with E-state index in [1.807, 2.05) is 24.3 Å². The molecule has 0 saturated heterocycles. The Labute approximate surface area is 97.8 Å². The van der Waals surface area contributed by atoms with Crippen LogP contribution < -0.4 is 0 Å². The van der Waals surface area contributed by atoms with Crippen LogP contribution >= 0.6 is 12.6 Å². The van der Waals surface area contributed by atoms with Crippen molar-refractivity contribution in [1.29, 1.82) is 0 Å². The van der Waals surface area contributed by atoms with Crippen LogP contribution in [0.5, 0.6) is 0 Å². The fraction of sp³-hybridized carbons (Fsp3) is 0. The molecule has 0 amide bonds. The van der Waals surface area contributed by atoms with Gasteiger partial charge in [-0.3, -0.25) is 0 Å². The Morgan fingerprint density at radius 2 is 2.00 bits per heavy atom. The summed E-state index contributed by atoms with van der Waals surface area (Å²) in [5, 5.41) is 0.668. The molecule has 2 rings (SSSR count). The number of H-pyrrole nitrogens is 1. The summed E-state index contributed by atoms with van der Waals surface area (Å²) in [5.41, 5.74) is 2.00. The number of fused-ring (bicyclic) bond motifs is 1. The van der Waals surface area contributed by atoms with E-state index < -0.39 is 0 Å². The van der Waals surface area contributed by atoms with E-state index in [1.54, 1.807) is 0 Å². The standard InChI is InChI=1S/C7H6N2S.La/c10-7-8-5-3-1-2-4-6(5)9-7;/h1-4H,(H2,8,9,10);. The van der Waals surface area contributed by atoms with E-state index in [0.29, 0.717) is 5.16 Å². The predicted molar refractivity (Wildman–Crippen MR) is 43.3 cm³/mol. The van der Waals surface area contributed by atoms with Gasteiger partial charge in [0.25, 0.3) is 0 Å². The number of para-hydroxylation sites is 2. The molecule has 0 aliphatic rings. The second-order valence-corrected chi connectivity index (χ2v) is 2.50. The Morgan fingerprint density at radius 1 is 1.27 bits per heavy atom. The van der Waals surface area contributed by atoms with Gasteiger partial charge in [-0.1, -0.05) is 12.1 Å². The smallest absolute Gasteiger partial charge is 0.163 e. The largest absolute Gasteiger partial charge is 0.333 e. The zero-order valence-corrected chi connectivity index (χ0v) is 10.3. The minimum absolute atomic E-state index is 0. The van der Waals surface area contributed by atoms with Gasteiger partial charge < -0.3 is 4.98 Å². The van der Waals surface area contributed by atoms with Crippen LogP contribution in [0.25, 0.3) is 11.0 Å². The van der Waals surface area contributed by atoms with E-state index in [9.17, 15) is 0 Å². The summed E-state index contributed by atoms with van der Waals surface area (Å²) in [7, 11) is 0. The first-order valence-corrected chi connectivity index (χ1v) is 3.45. The maximum Gasteiger partial charge on any atom is 0.163 e. The first-order chi connectivity index (χ1) is 4.86. The van der Waals surface area contributed by atoms with Gasteiger partial charge in [-0.05, 0) is 12.1 Å². The average molecular weight is 289 g/mol. The summed E-state index contributed by atoms with van der Waals surface area (Å²) in [4.78, 5) is 7.13. The normalized spacial score (nSPS) is 9.55. The molecule has 53 valence electrons. The van der Waals surface area contributed by atoms with E-state index in [2.05, 4.69) is 22.6 Å². The van der Waals surface area contributed by atoms with E-state index in [-0.39, 0.29) is 35.6 Å². The number of hydrogen-bond donors (Lipinski definition) is 2. The molecular weight excluding hydrogens is 283 g/mol. The SMILES string of the molecule is Sc1nc2ccccc2[nH]1.[La]. The predicted octanol–water partition coefficient (Wildman–Crippen LogP) is 1.85. The molecule has 2 nitrogen and oxygen atoms in total. The van der Waals surface area contributed by atoms with Gasteiger partial charge in [-0.25, -0.2) is 4.98 Å². The quantitative estimate of drug-likeness (QED) is 0.712. The number of aromatic nitrogens is 2. The molecule has 0 aliphatic heterocycles. The second-order valence-electron chi connectivity index (χ2n) is 2.08. The van der Waals surface area contributed by atoms with Crippen LogP contribution in [-0.4, -0.2) is 9.97 Å². The van der Waals surface area contributed by atoms with Crippen molar-refractivity contribution in [3.8, 4) is 0 Å². The van der Waals surface area contributed by atoms with Crippen molar-refractivity contribution in [3.63, 3.8) is 0 Å². The van der Waals surface area contributed by atoms with Crippen molar-refractivity contribution >= 4 is 23.7 Å². The zero-order chi connectivity index (χ0) is 6.97. The number of nitrogens with zero attached hydrogens (tertiary/aromatic N) is 1. The minimum Gasteiger partial charge on any atom is -0.333 e. The summed E-state index contributed by atoms with van der Waals surface area (Å²) in [6, 6.07) is 7.84. The maximum absolute atomic E-state index is 4.12. The van der Waals surface area contributed by atoms with Gasteiger partial charge in [0.15, 0.2) is 5.16 Å². The van der Waals surface area contributed by atoms with E-state index >= 15 is 0 Å². The fourth-order valence-corrected chi connectivity index (χ4v) is 1.17. The monoisotopic (exact) mass is 289 g/mol. The van der Waals surface area contributed by atoms with Gasteiger partial charge in [-0.2, -0.15) is 0 Å². The molecule has 2 aromatic rings. The van der Waals surface area contributed by atoms with Crippen LogP contribution in [0.3, 0.4) is 0 Å². The van der Waals surface area contributed by atoms with E-state index in [0.717, 1.165) is 11.0 Å². The van der Waals surface area contributed by atoms with Crippen molar-refractivity contribution in [2.24, 2.45) is 0 Å². The summed E-state index contributed by atoms with van der Waals surface area (Å²) in [6.07, 6.45) is 0. The van der Waals surface area contributed by atoms with Gasteiger partial charge in [0, 0.05) is 35.6 Å². The second kappa shape index (κ2) is 3.76. The molecule has 1 aromatic carbocycles. The van der Waals surface area contributed by atoms with Crippen LogP contribution in [-0.2, 0) is 0 Å². The maximum atomic E-state index is 4.12. The summed E-state index contributed by atoms with van der Waals surface area (Å²) < 4.78 is 0. The number of nitrogens with one attached hydrogen (secondary N) is 1. The molecule has 1 N–H and O–H groups in total. The first-order valence-electron chi connectivity index (χ1n) is 3.00. The number of imidazole rings is 1. The van der Waals surface area contributed by atoms with Crippen LogP contribution in [0.4, 0.5) is 0 Å². The average Bonchev–Trinajstić information content (AvgIpc) is 2.27. The molecule has 0 saturated carbocycles. The number of benzene rings is 1. The molecule has 0 spiro atoms.